The van der Waals surface area contributed by atoms with E-state index < -0.39 is 5.25 Å². The van der Waals surface area contributed by atoms with Crippen LogP contribution >= 0.6 is 35.3 Å². The SMILES string of the molecule is CCOC(=O)Cc1csc(NC(=O)C(Sc2cccc(NC(=S)Nc3ccc(C(C)=O)cc3)c2)c2ccccc2)n1. The number of thiocarbonyl (C=S) groups is 1. The van der Waals surface area contributed by atoms with Gasteiger partial charge in [0.15, 0.2) is 16.0 Å². The van der Waals surface area contributed by atoms with E-state index in [0.717, 1.165) is 21.8 Å². The van der Waals surface area contributed by atoms with E-state index in [2.05, 4.69) is 20.9 Å². The van der Waals surface area contributed by atoms with Crippen LogP contribution < -0.4 is 16.0 Å². The summed E-state index contributed by atoms with van der Waals surface area (Å²) in [5, 5.41) is 11.2. The molecule has 4 aromatic rings. The summed E-state index contributed by atoms with van der Waals surface area (Å²) in [6, 6.07) is 24.2. The van der Waals surface area contributed by atoms with Crippen molar-refractivity contribution < 1.29 is 19.1 Å². The van der Waals surface area contributed by atoms with Gasteiger partial charge < -0.3 is 20.7 Å². The Hall–Kier alpha value is -4.06. The molecule has 8 nitrogen and oxygen atoms in total. The minimum Gasteiger partial charge on any atom is -0.466 e. The number of hydrogen-bond acceptors (Lipinski definition) is 8. The fourth-order valence-corrected chi connectivity index (χ4v) is 5.77. The van der Waals surface area contributed by atoms with Crippen molar-refractivity contribution in [2.24, 2.45) is 0 Å². The number of carbonyl (C=O) groups excluding carboxylic acids is 3. The summed E-state index contributed by atoms with van der Waals surface area (Å²) in [4.78, 5) is 42.0. The second-order valence-corrected chi connectivity index (χ2v) is 11.2. The lowest BCUT2D eigenvalue weighted by Gasteiger charge is -2.17. The predicted octanol–water partition coefficient (Wildman–Crippen LogP) is 6.73. The molecule has 0 bridgehead atoms. The molecule has 3 N–H and O–H groups in total. The summed E-state index contributed by atoms with van der Waals surface area (Å²) in [7, 11) is 0. The number of ketones is 1. The Morgan fingerprint density at radius 2 is 1.68 bits per heavy atom. The van der Waals surface area contributed by atoms with E-state index in [1.165, 1.54) is 30.0 Å². The van der Waals surface area contributed by atoms with Gasteiger partial charge in [-0.25, -0.2) is 4.98 Å². The number of Topliss-reactive ketones (excluding diaryl/α,β-unsaturated/α-hetero) is 1. The van der Waals surface area contributed by atoms with Crippen molar-refractivity contribution in [1.29, 1.82) is 0 Å². The van der Waals surface area contributed by atoms with Crippen LogP contribution in [0.3, 0.4) is 0 Å². The zero-order valence-electron chi connectivity index (χ0n) is 22.4. The van der Waals surface area contributed by atoms with Crippen molar-refractivity contribution in [1.82, 2.24) is 4.98 Å². The fraction of sp³-hybridized carbons (Fsp3) is 0.167. The Bertz CT molecular complexity index is 1520. The van der Waals surface area contributed by atoms with Crippen molar-refractivity contribution in [2.75, 3.05) is 22.6 Å². The minimum atomic E-state index is -0.561. The molecule has 1 unspecified atom stereocenters. The fourth-order valence-electron chi connectivity index (χ4n) is 3.74. The van der Waals surface area contributed by atoms with E-state index in [1.54, 1.807) is 36.6 Å². The molecule has 1 aromatic heterocycles. The summed E-state index contributed by atoms with van der Waals surface area (Å²) in [5.41, 5.74) is 3.52. The standard InChI is InChI=1S/C30H28N4O4S3/c1-3-38-26(36)17-24-18-40-30(33-24)34-28(37)27(21-8-5-4-6-9-21)41-25-11-7-10-23(16-25)32-29(39)31-22-14-12-20(13-15-22)19(2)35/h4-16,18,27H,3,17H2,1-2H3,(H2,31,32,39)(H,33,34,37). The first-order valence-corrected chi connectivity index (χ1v) is 14.9. The van der Waals surface area contributed by atoms with E-state index in [9.17, 15) is 14.4 Å². The minimum absolute atomic E-state index is 0.000503. The molecule has 3 aromatic carbocycles. The Morgan fingerprint density at radius 1 is 0.951 bits per heavy atom. The summed E-state index contributed by atoms with van der Waals surface area (Å²) >= 11 is 8.13. The quantitative estimate of drug-likeness (QED) is 0.0743. The summed E-state index contributed by atoms with van der Waals surface area (Å²) in [6.45, 7) is 3.58. The second kappa shape index (κ2) is 14.5. The average molecular weight is 605 g/mol. The maximum absolute atomic E-state index is 13.5. The second-order valence-electron chi connectivity index (χ2n) is 8.76. The van der Waals surface area contributed by atoms with Crippen LogP contribution in [0.5, 0.6) is 0 Å². The first kappa shape index (κ1) is 29.9. The maximum atomic E-state index is 13.5. The zero-order valence-corrected chi connectivity index (χ0v) is 24.8. The number of esters is 1. The highest BCUT2D eigenvalue weighted by Crippen LogP contribution is 2.37. The number of anilines is 3. The molecular weight excluding hydrogens is 577 g/mol. The van der Waals surface area contributed by atoms with Crippen LogP contribution in [-0.2, 0) is 20.7 Å². The molecule has 11 heteroatoms. The van der Waals surface area contributed by atoms with Gasteiger partial charge in [0, 0.05) is 27.2 Å². The summed E-state index contributed by atoms with van der Waals surface area (Å²) < 4.78 is 4.98. The zero-order chi connectivity index (χ0) is 29.2. The summed E-state index contributed by atoms with van der Waals surface area (Å²) in [5.74, 6) is -0.593. The highest BCUT2D eigenvalue weighted by molar-refractivity contribution is 8.00. The molecule has 4 rings (SSSR count). The normalized spacial score (nSPS) is 11.3. The van der Waals surface area contributed by atoms with Crippen molar-refractivity contribution >= 4 is 74.6 Å². The van der Waals surface area contributed by atoms with Gasteiger partial charge in [0.05, 0.1) is 18.7 Å². The monoisotopic (exact) mass is 604 g/mol. The van der Waals surface area contributed by atoms with Gasteiger partial charge in [-0.15, -0.1) is 23.1 Å². The molecule has 1 heterocycles. The maximum Gasteiger partial charge on any atom is 0.311 e. The number of hydrogen-bond donors (Lipinski definition) is 3. The molecule has 1 amide bonds. The first-order valence-electron chi connectivity index (χ1n) is 12.7. The molecule has 1 atom stereocenters. The molecule has 41 heavy (non-hydrogen) atoms. The molecule has 210 valence electrons. The van der Waals surface area contributed by atoms with E-state index in [0.29, 0.717) is 28.1 Å². The number of ether oxygens (including phenoxy) is 1. The van der Waals surface area contributed by atoms with E-state index in [-0.39, 0.29) is 24.1 Å². The smallest absolute Gasteiger partial charge is 0.311 e. The number of nitrogens with one attached hydrogen (secondary N) is 3. The topological polar surface area (TPSA) is 109 Å². The van der Waals surface area contributed by atoms with Crippen molar-refractivity contribution in [3.63, 3.8) is 0 Å². The number of amides is 1. The Balaban J connectivity index is 1.44. The van der Waals surface area contributed by atoms with Crippen LogP contribution in [0.25, 0.3) is 0 Å². The number of benzene rings is 3. The number of nitrogens with zero attached hydrogens (tertiary/aromatic N) is 1. The molecule has 0 saturated heterocycles. The Morgan fingerprint density at radius 3 is 2.39 bits per heavy atom. The highest BCUT2D eigenvalue weighted by Gasteiger charge is 2.23. The van der Waals surface area contributed by atoms with Gasteiger partial charge in [-0.05, 0) is 74.1 Å². The highest BCUT2D eigenvalue weighted by atomic mass is 32.2. The van der Waals surface area contributed by atoms with Crippen molar-refractivity contribution in [3.05, 3.63) is 101 Å². The third-order valence-electron chi connectivity index (χ3n) is 5.65. The third kappa shape index (κ3) is 8.97. The number of carbonyl (C=O) groups is 3. The van der Waals surface area contributed by atoms with Crippen molar-refractivity contribution in [3.8, 4) is 0 Å². The molecule has 0 spiro atoms. The van der Waals surface area contributed by atoms with E-state index in [4.69, 9.17) is 17.0 Å². The number of thiazole rings is 1. The van der Waals surface area contributed by atoms with Crippen LogP contribution in [-0.4, -0.2) is 34.4 Å². The van der Waals surface area contributed by atoms with Crippen LogP contribution in [0, 0.1) is 0 Å². The molecular formula is C30H28N4O4S3. The molecule has 0 aliphatic carbocycles. The van der Waals surface area contributed by atoms with Gasteiger partial charge in [-0.1, -0.05) is 36.4 Å². The third-order valence-corrected chi connectivity index (χ3v) is 7.91. The van der Waals surface area contributed by atoms with Crippen LogP contribution in [0.1, 0.15) is 40.7 Å². The van der Waals surface area contributed by atoms with Gasteiger partial charge in [-0.3, -0.25) is 14.4 Å². The number of rotatable bonds is 11. The van der Waals surface area contributed by atoms with Gasteiger partial charge in [0.1, 0.15) is 5.25 Å². The van der Waals surface area contributed by atoms with Gasteiger partial charge in [0.25, 0.3) is 0 Å². The average Bonchev–Trinajstić information content (AvgIpc) is 3.39. The lowest BCUT2D eigenvalue weighted by molar-refractivity contribution is -0.142. The summed E-state index contributed by atoms with van der Waals surface area (Å²) in [6.07, 6.45) is 0.0529. The van der Waals surface area contributed by atoms with Crippen LogP contribution in [0.2, 0.25) is 0 Å². The predicted molar refractivity (Wildman–Crippen MR) is 169 cm³/mol. The van der Waals surface area contributed by atoms with Crippen molar-refractivity contribution in [2.45, 2.75) is 30.4 Å². The lowest BCUT2D eigenvalue weighted by atomic mass is 10.1. The Labute approximate surface area is 251 Å². The molecule has 0 radical (unpaired) electrons. The lowest BCUT2D eigenvalue weighted by Crippen LogP contribution is -2.19. The molecule has 0 fully saturated rings. The molecule has 0 aliphatic heterocycles. The van der Waals surface area contributed by atoms with Gasteiger partial charge >= 0.3 is 5.97 Å². The van der Waals surface area contributed by atoms with E-state index >= 15 is 0 Å². The van der Waals surface area contributed by atoms with Gasteiger partial charge in [0.2, 0.25) is 5.91 Å². The number of aromatic nitrogens is 1. The Kier molecular flexibility index (Phi) is 10.6. The largest absolute Gasteiger partial charge is 0.466 e. The van der Waals surface area contributed by atoms with Crippen LogP contribution in [0.4, 0.5) is 16.5 Å². The first-order chi connectivity index (χ1) is 19.8. The van der Waals surface area contributed by atoms with Gasteiger partial charge in [-0.2, -0.15) is 0 Å². The molecule has 0 saturated carbocycles. The number of thioether (sulfide) groups is 1. The van der Waals surface area contributed by atoms with E-state index in [1.807, 2.05) is 54.6 Å². The molecule has 0 aliphatic rings. The van der Waals surface area contributed by atoms with Crippen LogP contribution in [0.15, 0.2) is 89.1 Å².